The predicted octanol–water partition coefficient (Wildman–Crippen LogP) is 2.12. The van der Waals surface area contributed by atoms with Gasteiger partial charge in [0.1, 0.15) is 0 Å². The Balaban J connectivity index is 0.00000161. The van der Waals surface area contributed by atoms with Crippen molar-refractivity contribution in [3.05, 3.63) is 35.4 Å². The number of hydrogen-bond donors (Lipinski definition) is 1. The Kier molecular flexibility index (Phi) is 4.84. The van der Waals surface area contributed by atoms with Crippen LogP contribution in [0, 0.1) is 23.5 Å². The first kappa shape index (κ1) is 16.2. The van der Waals surface area contributed by atoms with E-state index < -0.39 is 11.6 Å². The van der Waals surface area contributed by atoms with Crippen LogP contribution in [0.5, 0.6) is 0 Å². The van der Waals surface area contributed by atoms with Gasteiger partial charge in [-0.05, 0) is 42.4 Å². The van der Waals surface area contributed by atoms with Crippen LogP contribution in [0.1, 0.15) is 18.4 Å². The fraction of sp³-hybridized carbons (Fsp3) is 0.533. The highest BCUT2D eigenvalue weighted by Crippen LogP contribution is 2.37. The molecule has 1 amide bonds. The molecule has 0 aromatic heterocycles. The first-order valence-electron chi connectivity index (χ1n) is 7.02. The van der Waals surface area contributed by atoms with Crippen molar-refractivity contribution < 1.29 is 13.6 Å². The van der Waals surface area contributed by atoms with Crippen molar-refractivity contribution in [2.45, 2.75) is 25.3 Å². The number of amides is 1. The molecule has 116 valence electrons. The topological polar surface area (TPSA) is 46.3 Å². The number of hydrogen-bond acceptors (Lipinski definition) is 2. The molecule has 1 heterocycles. The predicted molar refractivity (Wildman–Crippen MR) is 78.1 cm³/mol. The van der Waals surface area contributed by atoms with Crippen LogP contribution in [0.3, 0.4) is 0 Å². The molecular weight excluding hydrogens is 298 g/mol. The van der Waals surface area contributed by atoms with E-state index in [0.717, 1.165) is 31.5 Å². The fourth-order valence-electron chi connectivity index (χ4n) is 3.45. The molecule has 3 nitrogen and oxygen atoms in total. The van der Waals surface area contributed by atoms with Crippen molar-refractivity contribution in [2.75, 3.05) is 13.1 Å². The van der Waals surface area contributed by atoms with Crippen LogP contribution in [-0.4, -0.2) is 29.9 Å². The standard InChI is InChI=1S/C15H18F2N2O.ClH/c16-12-3-1-9(5-13(12)17)6-15(20)19-7-10-2-4-14(18)11(10)8-19;/h1,3,5,10-11,14H,2,4,6-8,18H2;1H. The number of nitrogens with two attached hydrogens (primary N) is 1. The average molecular weight is 317 g/mol. The highest BCUT2D eigenvalue weighted by Gasteiger charge is 2.42. The third-order valence-corrected chi connectivity index (χ3v) is 4.60. The second-order valence-corrected chi connectivity index (χ2v) is 5.89. The number of fused-ring (bicyclic) bond motifs is 1. The van der Waals surface area contributed by atoms with Crippen molar-refractivity contribution in [3.63, 3.8) is 0 Å². The van der Waals surface area contributed by atoms with Crippen molar-refractivity contribution in [3.8, 4) is 0 Å². The number of rotatable bonds is 2. The zero-order valence-corrected chi connectivity index (χ0v) is 12.4. The van der Waals surface area contributed by atoms with E-state index in [2.05, 4.69) is 0 Å². The van der Waals surface area contributed by atoms with Crippen LogP contribution >= 0.6 is 12.4 Å². The Labute approximate surface area is 128 Å². The van der Waals surface area contributed by atoms with E-state index in [-0.39, 0.29) is 30.8 Å². The molecule has 2 N–H and O–H groups in total. The molecule has 0 spiro atoms. The molecule has 3 rings (SSSR count). The molecule has 3 unspecified atom stereocenters. The summed E-state index contributed by atoms with van der Waals surface area (Å²) in [5, 5.41) is 0. The maximum Gasteiger partial charge on any atom is 0.227 e. The van der Waals surface area contributed by atoms with E-state index in [1.807, 2.05) is 4.90 Å². The van der Waals surface area contributed by atoms with Crippen LogP contribution in [0.2, 0.25) is 0 Å². The largest absolute Gasteiger partial charge is 0.342 e. The third kappa shape index (κ3) is 3.19. The van der Waals surface area contributed by atoms with Crippen molar-refractivity contribution in [2.24, 2.45) is 17.6 Å². The molecule has 21 heavy (non-hydrogen) atoms. The van der Waals surface area contributed by atoms with Gasteiger partial charge in [0.2, 0.25) is 5.91 Å². The SMILES string of the molecule is Cl.NC1CCC2CN(C(=O)Cc3ccc(F)c(F)c3)CC12. The third-order valence-electron chi connectivity index (χ3n) is 4.60. The maximum absolute atomic E-state index is 13.1. The van der Waals surface area contributed by atoms with Crippen LogP contribution < -0.4 is 5.73 Å². The monoisotopic (exact) mass is 316 g/mol. The first-order chi connectivity index (χ1) is 9.54. The molecule has 3 atom stereocenters. The Hall–Kier alpha value is -1.20. The van der Waals surface area contributed by atoms with Gasteiger partial charge in [-0.25, -0.2) is 8.78 Å². The maximum atomic E-state index is 13.1. The minimum atomic E-state index is -0.907. The summed E-state index contributed by atoms with van der Waals surface area (Å²) >= 11 is 0. The highest BCUT2D eigenvalue weighted by molar-refractivity contribution is 5.85. The fourth-order valence-corrected chi connectivity index (χ4v) is 3.45. The van der Waals surface area contributed by atoms with Crippen LogP contribution in [-0.2, 0) is 11.2 Å². The van der Waals surface area contributed by atoms with E-state index in [0.29, 0.717) is 23.9 Å². The summed E-state index contributed by atoms with van der Waals surface area (Å²) in [6.45, 7) is 1.45. The van der Waals surface area contributed by atoms with Gasteiger partial charge in [-0.2, -0.15) is 0 Å². The molecule has 1 saturated carbocycles. The summed E-state index contributed by atoms with van der Waals surface area (Å²) in [6.07, 6.45) is 2.24. The lowest BCUT2D eigenvalue weighted by Crippen LogP contribution is -2.34. The molecule has 1 saturated heterocycles. The zero-order chi connectivity index (χ0) is 14.3. The van der Waals surface area contributed by atoms with Crippen LogP contribution in [0.4, 0.5) is 8.78 Å². The molecule has 2 fully saturated rings. The normalized spacial score (nSPS) is 27.4. The van der Waals surface area contributed by atoms with Crippen LogP contribution in [0.25, 0.3) is 0 Å². The number of halogens is 3. The van der Waals surface area contributed by atoms with E-state index in [4.69, 9.17) is 5.73 Å². The van der Waals surface area contributed by atoms with Gasteiger partial charge in [-0.3, -0.25) is 4.79 Å². The summed E-state index contributed by atoms with van der Waals surface area (Å²) in [7, 11) is 0. The minimum Gasteiger partial charge on any atom is -0.342 e. The van der Waals surface area contributed by atoms with Gasteiger partial charge in [-0.1, -0.05) is 6.07 Å². The first-order valence-corrected chi connectivity index (χ1v) is 7.02. The minimum absolute atomic E-state index is 0. The lowest BCUT2D eigenvalue weighted by atomic mass is 9.98. The summed E-state index contributed by atoms with van der Waals surface area (Å²) in [4.78, 5) is 14.0. The Morgan fingerprint density at radius 2 is 2.00 bits per heavy atom. The lowest BCUT2D eigenvalue weighted by molar-refractivity contribution is -0.129. The molecule has 1 aliphatic carbocycles. The molecule has 1 aliphatic heterocycles. The second kappa shape index (κ2) is 6.28. The van der Waals surface area contributed by atoms with Crippen molar-refractivity contribution in [1.29, 1.82) is 0 Å². The Morgan fingerprint density at radius 1 is 1.24 bits per heavy atom. The summed E-state index contributed by atoms with van der Waals surface area (Å²) in [5.74, 6) is -0.904. The smallest absolute Gasteiger partial charge is 0.227 e. The molecular formula is C15H19ClF2N2O. The van der Waals surface area contributed by atoms with Crippen molar-refractivity contribution in [1.82, 2.24) is 4.90 Å². The molecule has 0 radical (unpaired) electrons. The second-order valence-electron chi connectivity index (χ2n) is 5.89. The molecule has 1 aromatic carbocycles. The van der Waals surface area contributed by atoms with Gasteiger partial charge in [0.25, 0.3) is 0 Å². The zero-order valence-electron chi connectivity index (χ0n) is 11.6. The van der Waals surface area contributed by atoms with Gasteiger partial charge in [0.15, 0.2) is 11.6 Å². The molecule has 2 aliphatic rings. The highest BCUT2D eigenvalue weighted by atomic mass is 35.5. The van der Waals surface area contributed by atoms with Crippen molar-refractivity contribution >= 4 is 18.3 Å². The van der Waals surface area contributed by atoms with Gasteiger partial charge in [0, 0.05) is 19.1 Å². The average Bonchev–Trinajstić information content (AvgIpc) is 2.97. The molecule has 0 bridgehead atoms. The number of carbonyl (C=O) groups is 1. The van der Waals surface area contributed by atoms with Gasteiger partial charge >= 0.3 is 0 Å². The molecule has 1 aromatic rings. The van der Waals surface area contributed by atoms with Gasteiger partial charge < -0.3 is 10.6 Å². The van der Waals surface area contributed by atoms with E-state index in [1.54, 1.807) is 0 Å². The summed E-state index contributed by atoms with van der Waals surface area (Å²) in [6, 6.07) is 3.81. The quantitative estimate of drug-likeness (QED) is 0.908. The number of likely N-dealkylation sites (tertiary alicyclic amines) is 1. The number of nitrogens with zero attached hydrogens (tertiary/aromatic N) is 1. The van der Waals surface area contributed by atoms with E-state index >= 15 is 0 Å². The number of benzene rings is 1. The molecule has 6 heteroatoms. The Morgan fingerprint density at radius 3 is 2.67 bits per heavy atom. The Bertz CT molecular complexity index is 540. The lowest BCUT2D eigenvalue weighted by Gasteiger charge is -2.18. The number of carbonyl (C=O) groups excluding carboxylic acids is 1. The van der Waals surface area contributed by atoms with E-state index in [1.165, 1.54) is 6.07 Å². The summed E-state index contributed by atoms with van der Waals surface area (Å²) in [5.41, 5.74) is 6.55. The van der Waals surface area contributed by atoms with E-state index in [9.17, 15) is 13.6 Å². The summed E-state index contributed by atoms with van der Waals surface area (Å²) < 4.78 is 26.0. The van der Waals surface area contributed by atoms with Gasteiger partial charge in [-0.15, -0.1) is 12.4 Å². The van der Waals surface area contributed by atoms with Gasteiger partial charge in [0.05, 0.1) is 6.42 Å². The van der Waals surface area contributed by atoms with Crippen LogP contribution in [0.15, 0.2) is 18.2 Å².